The molecule has 0 aromatic heterocycles. The summed E-state index contributed by atoms with van der Waals surface area (Å²) in [6.07, 6.45) is -11.8. The third-order valence-electron chi connectivity index (χ3n) is 2.43. The molecule has 0 spiro atoms. The summed E-state index contributed by atoms with van der Waals surface area (Å²) in [5.74, 6) is -5.26. The second-order valence-electron chi connectivity index (χ2n) is 4.05. The first-order valence-electron chi connectivity index (χ1n) is 5.59. The molecule has 0 aromatic carbocycles. The maximum absolute atomic E-state index is 10.9. The number of carboxylic acid groups (broad SMARTS) is 3. The van der Waals surface area contributed by atoms with Crippen LogP contribution in [0, 0.1) is 0 Å². The van der Waals surface area contributed by atoms with Gasteiger partial charge in [0.2, 0.25) is 0 Å². The lowest BCUT2D eigenvalue weighted by atomic mass is 10.0. The van der Waals surface area contributed by atoms with Crippen LogP contribution in [-0.4, -0.2) is 90.8 Å². The Bertz CT molecular complexity index is 381. The zero-order valence-corrected chi connectivity index (χ0v) is 10.6. The third kappa shape index (κ3) is 6.01. The largest absolute Gasteiger partial charge is 0.481 e. The van der Waals surface area contributed by atoms with Crippen molar-refractivity contribution >= 4 is 17.9 Å². The molecule has 0 aliphatic heterocycles. The minimum Gasteiger partial charge on any atom is -0.481 e. The Labute approximate surface area is 117 Å². The van der Waals surface area contributed by atoms with Crippen LogP contribution in [-0.2, 0) is 19.1 Å². The summed E-state index contributed by atoms with van der Waals surface area (Å²) in [7, 11) is 0. The molecule has 0 heterocycles. The summed E-state index contributed by atoms with van der Waals surface area (Å²) in [5, 5.41) is 62.6. The highest BCUT2D eigenvalue weighted by Gasteiger charge is 2.39. The number of aliphatic carboxylic acids is 3. The summed E-state index contributed by atoms with van der Waals surface area (Å²) in [6, 6.07) is 0. The Hall–Kier alpha value is -1.79. The van der Waals surface area contributed by atoms with Crippen molar-refractivity contribution in [3.8, 4) is 0 Å². The fraction of sp³-hybridized carbons (Fsp3) is 0.700. The molecule has 5 atom stereocenters. The van der Waals surface area contributed by atoms with E-state index in [4.69, 9.17) is 25.5 Å². The number of ether oxygens (including phenoxy) is 1. The first-order chi connectivity index (χ1) is 9.61. The van der Waals surface area contributed by atoms with E-state index in [-0.39, 0.29) is 0 Å². The summed E-state index contributed by atoms with van der Waals surface area (Å²) in [4.78, 5) is 32.1. The Morgan fingerprint density at radius 2 is 1.43 bits per heavy atom. The summed E-state index contributed by atoms with van der Waals surface area (Å²) >= 11 is 0. The molecule has 0 saturated carbocycles. The monoisotopic (exact) mass is 312 g/mol. The standard InChI is InChI=1S/C10H16O11/c11-2-3(12)6(15)7(16)8(10(19)20)21-4(9(17)18)1-5(13)14/h3-4,6-8,11-12,15-16H,1-2H2,(H,13,14)(H,17,18)(H,19,20). The predicted molar refractivity (Wildman–Crippen MR) is 61.3 cm³/mol. The number of aliphatic hydroxyl groups is 4. The molecule has 122 valence electrons. The van der Waals surface area contributed by atoms with E-state index >= 15 is 0 Å². The zero-order valence-electron chi connectivity index (χ0n) is 10.6. The van der Waals surface area contributed by atoms with Crippen LogP contribution in [0.25, 0.3) is 0 Å². The van der Waals surface area contributed by atoms with Crippen LogP contribution in [0.2, 0.25) is 0 Å². The van der Waals surface area contributed by atoms with Gasteiger partial charge in [0, 0.05) is 0 Å². The van der Waals surface area contributed by atoms with Crippen LogP contribution < -0.4 is 0 Å². The van der Waals surface area contributed by atoms with Crippen LogP contribution in [0.5, 0.6) is 0 Å². The van der Waals surface area contributed by atoms with Crippen molar-refractivity contribution < 1.29 is 54.9 Å². The SMILES string of the molecule is O=C(O)CC(OC(C(=O)O)C(O)C(O)C(O)CO)C(=O)O. The number of rotatable bonds is 10. The topological polar surface area (TPSA) is 202 Å². The van der Waals surface area contributed by atoms with Crippen LogP contribution in [0.15, 0.2) is 0 Å². The predicted octanol–water partition coefficient (Wildman–Crippen LogP) is -3.54. The average Bonchev–Trinajstić information content (AvgIpc) is 2.39. The zero-order chi connectivity index (χ0) is 16.7. The van der Waals surface area contributed by atoms with Crippen molar-refractivity contribution in [3.63, 3.8) is 0 Å². The highest BCUT2D eigenvalue weighted by atomic mass is 16.6. The second-order valence-corrected chi connectivity index (χ2v) is 4.05. The number of carbonyl (C=O) groups is 3. The van der Waals surface area contributed by atoms with Crippen LogP contribution in [0.1, 0.15) is 6.42 Å². The molecule has 0 aliphatic carbocycles. The normalized spacial score (nSPS) is 18.3. The molecule has 0 aliphatic rings. The first kappa shape index (κ1) is 19.2. The van der Waals surface area contributed by atoms with Crippen LogP contribution in [0.3, 0.4) is 0 Å². The first-order valence-corrected chi connectivity index (χ1v) is 5.59. The summed E-state index contributed by atoms with van der Waals surface area (Å²) in [6.45, 7) is -0.998. The number of hydrogen-bond donors (Lipinski definition) is 7. The minimum atomic E-state index is -2.32. The molecule has 0 bridgehead atoms. The highest BCUT2D eigenvalue weighted by Crippen LogP contribution is 2.13. The van der Waals surface area contributed by atoms with Gasteiger partial charge in [-0.15, -0.1) is 0 Å². The van der Waals surface area contributed by atoms with Crippen molar-refractivity contribution in [2.75, 3.05) is 6.61 Å². The van der Waals surface area contributed by atoms with Crippen molar-refractivity contribution in [2.45, 2.75) is 36.9 Å². The fourth-order valence-corrected chi connectivity index (χ4v) is 1.33. The lowest BCUT2D eigenvalue weighted by Crippen LogP contribution is -2.51. The third-order valence-corrected chi connectivity index (χ3v) is 2.43. The maximum Gasteiger partial charge on any atom is 0.335 e. The molecule has 0 amide bonds. The van der Waals surface area contributed by atoms with Crippen molar-refractivity contribution in [3.05, 3.63) is 0 Å². The van der Waals surface area contributed by atoms with E-state index in [1.807, 2.05) is 0 Å². The smallest absolute Gasteiger partial charge is 0.335 e. The van der Waals surface area contributed by atoms with Crippen LogP contribution in [0.4, 0.5) is 0 Å². The maximum atomic E-state index is 10.9. The summed E-state index contributed by atoms with van der Waals surface area (Å²) in [5.41, 5.74) is 0. The Morgan fingerprint density at radius 3 is 1.76 bits per heavy atom. The molecule has 11 heteroatoms. The summed E-state index contributed by atoms with van der Waals surface area (Å²) < 4.78 is 4.48. The van der Waals surface area contributed by atoms with Crippen molar-refractivity contribution in [1.82, 2.24) is 0 Å². The van der Waals surface area contributed by atoms with Crippen molar-refractivity contribution in [2.24, 2.45) is 0 Å². The van der Waals surface area contributed by atoms with E-state index in [0.717, 1.165) is 0 Å². The molecule has 7 N–H and O–H groups in total. The number of hydrogen-bond acceptors (Lipinski definition) is 8. The van der Waals surface area contributed by atoms with Gasteiger partial charge in [-0.2, -0.15) is 0 Å². The molecule has 0 rings (SSSR count). The molecular weight excluding hydrogens is 296 g/mol. The quantitative estimate of drug-likeness (QED) is 0.210. The van der Waals surface area contributed by atoms with E-state index in [9.17, 15) is 24.6 Å². The van der Waals surface area contributed by atoms with E-state index in [2.05, 4.69) is 4.74 Å². The van der Waals surface area contributed by atoms with E-state index < -0.39 is 61.5 Å². The molecular formula is C10H16O11. The van der Waals surface area contributed by atoms with Gasteiger partial charge in [0.05, 0.1) is 13.0 Å². The van der Waals surface area contributed by atoms with E-state index in [1.165, 1.54) is 0 Å². The van der Waals surface area contributed by atoms with Gasteiger partial charge >= 0.3 is 17.9 Å². The van der Waals surface area contributed by atoms with Gasteiger partial charge in [-0.3, -0.25) is 4.79 Å². The van der Waals surface area contributed by atoms with Crippen LogP contribution >= 0.6 is 0 Å². The van der Waals surface area contributed by atoms with Gasteiger partial charge in [-0.1, -0.05) is 0 Å². The molecule has 0 radical (unpaired) electrons. The molecule has 0 fully saturated rings. The molecule has 0 saturated heterocycles. The van der Waals surface area contributed by atoms with Gasteiger partial charge in [0.1, 0.15) is 18.3 Å². The lowest BCUT2D eigenvalue weighted by Gasteiger charge is -2.27. The molecule has 11 nitrogen and oxygen atoms in total. The molecule has 21 heavy (non-hydrogen) atoms. The molecule has 0 aromatic rings. The lowest BCUT2D eigenvalue weighted by molar-refractivity contribution is -0.189. The van der Waals surface area contributed by atoms with Gasteiger partial charge in [-0.25, -0.2) is 9.59 Å². The average molecular weight is 312 g/mol. The number of aliphatic hydroxyl groups excluding tert-OH is 4. The minimum absolute atomic E-state index is 0.998. The Balaban J connectivity index is 5.08. The second kappa shape index (κ2) is 8.49. The van der Waals surface area contributed by atoms with Crippen molar-refractivity contribution in [1.29, 1.82) is 0 Å². The Morgan fingerprint density at radius 1 is 0.905 bits per heavy atom. The van der Waals surface area contributed by atoms with Gasteiger partial charge in [0.15, 0.2) is 12.2 Å². The molecule has 5 unspecified atom stereocenters. The highest BCUT2D eigenvalue weighted by molar-refractivity contribution is 5.80. The van der Waals surface area contributed by atoms with E-state index in [0.29, 0.717) is 0 Å². The van der Waals surface area contributed by atoms with Gasteiger partial charge in [0.25, 0.3) is 0 Å². The van der Waals surface area contributed by atoms with Gasteiger partial charge < -0.3 is 40.5 Å². The number of carboxylic acids is 3. The van der Waals surface area contributed by atoms with E-state index in [1.54, 1.807) is 0 Å². The Kier molecular flexibility index (Phi) is 7.76. The van der Waals surface area contributed by atoms with Gasteiger partial charge in [-0.05, 0) is 0 Å². The fourth-order valence-electron chi connectivity index (χ4n) is 1.33.